The lowest BCUT2D eigenvalue weighted by atomic mass is 9.51. The molecule has 48 heavy (non-hydrogen) atoms. The van der Waals surface area contributed by atoms with Crippen LogP contribution in [0.2, 0.25) is 0 Å². The van der Waals surface area contributed by atoms with Crippen molar-refractivity contribution >= 4 is 11.7 Å². The Labute approximate surface area is 291 Å². The van der Waals surface area contributed by atoms with Crippen molar-refractivity contribution in [2.24, 2.45) is 34.0 Å². The maximum atomic E-state index is 13.3. The van der Waals surface area contributed by atoms with Gasteiger partial charge in [-0.1, -0.05) is 104 Å². The first-order valence-electron chi connectivity index (χ1n) is 18.5. The van der Waals surface area contributed by atoms with Gasteiger partial charge in [0.2, 0.25) is 0 Å². The van der Waals surface area contributed by atoms with Gasteiger partial charge in [0.1, 0.15) is 23.7 Å². The van der Waals surface area contributed by atoms with Gasteiger partial charge >= 0.3 is 5.97 Å². The zero-order valence-electron chi connectivity index (χ0n) is 31.6. The standard InChI is InChI=1S/C44H62O4/c1-30-22-33-23-31(2)25-44(24-30,26-33)43(9,10)48-40(45)29-47-39-17-13-15-36-35(39)14-11-12-16-38(36)46-28-32-18-20-34(21-19-32)37(42(6,7)8)27-41(3,4)5/h11-13,15-21,30-31,33,37H,14,22-29H2,1-10H3. The van der Waals surface area contributed by atoms with Gasteiger partial charge in [-0.2, -0.15) is 0 Å². The van der Waals surface area contributed by atoms with E-state index in [2.05, 4.69) is 106 Å². The molecule has 2 saturated carbocycles. The van der Waals surface area contributed by atoms with Crippen molar-refractivity contribution in [1.82, 2.24) is 0 Å². The Morgan fingerprint density at radius 1 is 0.875 bits per heavy atom. The van der Waals surface area contributed by atoms with Crippen LogP contribution in [0.5, 0.6) is 5.75 Å². The molecule has 0 amide bonds. The van der Waals surface area contributed by atoms with Crippen LogP contribution in [0, 0.1) is 34.0 Å². The summed E-state index contributed by atoms with van der Waals surface area (Å²) in [6, 6.07) is 15.0. The predicted octanol–water partition coefficient (Wildman–Crippen LogP) is 11.5. The van der Waals surface area contributed by atoms with Gasteiger partial charge in [0, 0.05) is 16.5 Å². The van der Waals surface area contributed by atoms with E-state index in [-0.39, 0.29) is 28.8 Å². The number of benzene rings is 2. The fourth-order valence-electron chi connectivity index (χ4n) is 9.24. The molecule has 2 bridgehead atoms. The van der Waals surface area contributed by atoms with Gasteiger partial charge in [0.15, 0.2) is 6.61 Å². The number of carbonyl (C=O) groups excluding carboxylic acids is 1. The van der Waals surface area contributed by atoms with E-state index in [4.69, 9.17) is 14.2 Å². The van der Waals surface area contributed by atoms with Crippen molar-refractivity contribution in [3.8, 4) is 5.75 Å². The summed E-state index contributed by atoms with van der Waals surface area (Å²) in [5.74, 6) is 3.77. The second-order valence-electron chi connectivity index (χ2n) is 18.4. The highest BCUT2D eigenvalue weighted by molar-refractivity contribution is 5.72. The zero-order valence-corrected chi connectivity index (χ0v) is 31.6. The number of fused-ring (bicyclic) bond motifs is 3. The summed E-state index contributed by atoms with van der Waals surface area (Å²) in [4.78, 5) is 13.3. The van der Waals surface area contributed by atoms with Crippen molar-refractivity contribution in [3.05, 3.63) is 82.9 Å². The molecule has 3 aliphatic carbocycles. The van der Waals surface area contributed by atoms with Gasteiger partial charge in [-0.15, -0.1) is 0 Å². The maximum Gasteiger partial charge on any atom is 0.344 e. The van der Waals surface area contributed by atoms with Crippen LogP contribution in [0.3, 0.4) is 0 Å². The summed E-state index contributed by atoms with van der Waals surface area (Å²) in [6.45, 7) is 23.4. The molecule has 0 aromatic heterocycles. The van der Waals surface area contributed by atoms with E-state index in [1.807, 2.05) is 24.3 Å². The normalized spacial score (nSPS) is 25.0. The Morgan fingerprint density at radius 2 is 1.54 bits per heavy atom. The Balaban J connectivity index is 1.23. The van der Waals surface area contributed by atoms with Crippen LogP contribution in [0.15, 0.2) is 60.7 Å². The van der Waals surface area contributed by atoms with E-state index in [1.165, 1.54) is 18.4 Å². The molecule has 0 N–H and O–H groups in total. The Bertz CT molecular complexity index is 1460. The largest absolute Gasteiger partial charge is 0.488 e. The molecule has 0 aliphatic heterocycles. The van der Waals surface area contributed by atoms with Crippen molar-refractivity contribution in [2.75, 3.05) is 6.61 Å². The highest BCUT2D eigenvalue weighted by Crippen LogP contribution is 2.58. The van der Waals surface area contributed by atoms with E-state index < -0.39 is 5.60 Å². The molecule has 2 aromatic carbocycles. The summed E-state index contributed by atoms with van der Waals surface area (Å²) < 4.78 is 19.0. The number of ether oxygens (including phenoxy) is 3. The van der Waals surface area contributed by atoms with Gasteiger partial charge in [-0.05, 0) is 117 Å². The SMILES string of the molecule is CC1CC2CC(C)CC(C(C)(C)OC(=O)COc3cccc4c3CC=CC=C4OCc3ccc(C(CC(C)(C)C)C(C)(C)C)cc3)(C1)C2. The van der Waals surface area contributed by atoms with E-state index in [1.54, 1.807) is 0 Å². The first kappa shape index (κ1) is 36.3. The molecule has 0 radical (unpaired) electrons. The third kappa shape index (κ3) is 8.58. The first-order chi connectivity index (χ1) is 22.4. The third-order valence-corrected chi connectivity index (χ3v) is 11.4. The minimum atomic E-state index is -0.534. The molecule has 262 valence electrons. The van der Waals surface area contributed by atoms with E-state index in [0.29, 0.717) is 36.5 Å². The molecular formula is C44H62O4. The number of allylic oxidation sites excluding steroid dienone is 3. The molecule has 3 aliphatic rings. The molecule has 4 nitrogen and oxygen atoms in total. The first-order valence-corrected chi connectivity index (χ1v) is 18.5. The number of hydrogen-bond donors (Lipinski definition) is 0. The van der Waals surface area contributed by atoms with Crippen LogP contribution in [-0.2, 0) is 27.3 Å². The molecule has 2 aromatic rings. The number of hydrogen-bond acceptors (Lipinski definition) is 4. The van der Waals surface area contributed by atoms with Crippen LogP contribution in [0.4, 0.5) is 0 Å². The van der Waals surface area contributed by atoms with Crippen molar-refractivity contribution < 1.29 is 19.0 Å². The Hall–Kier alpha value is -3.01. The highest BCUT2D eigenvalue weighted by Gasteiger charge is 2.54. The van der Waals surface area contributed by atoms with Gasteiger partial charge in [0.05, 0.1) is 0 Å². The minimum Gasteiger partial charge on any atom is -0.488 e. The molecular weight excluding hydrogens is 592 g/mol. The summed E-state index contributed by atoms with van der Waals surface area (Å²) in [6.07, 6.45) is 14.0. The lowest BCUT2D eigenvalue weighted by molar-refractivity contribution is -0.189. The fourth-order valence-corrected chi connectivity index (χ4v) is 9.24. The zero-order chi connectivity index (χ0) is 34.9. The van der Waals surface area contributed by atoms with Crippen LogP contribution < -0.4 is 4.74 Å². The molecule has 0 spiro atoms. The second-order valence-corrected chi connectivity index (χ2v) is 18.4. The number of esters is 1. The lowest BCUT2D eigenvalue weighted by Gasteiger charge is -2.56. The monoisotopic (exact) mass is 654 g/mol. The number of carbonyl (C=O) groups is 1. The molecule has 2 fully saturated rings. The van der Waals surface area contributed by atoms with Gasteiger partial charge in [-0.25, -0.2) is 4.79 Å². The number of rotatable bonds is 10. The van der Waals surface area contributed by atoms with Crippen molar-refractivity contribution in [1.29, 1.82) is 0 Å². The smallest absolute Gasteiger partial charge is 0.344 e. The molecule has 0 heterocycles. The molecule has 0 saturated heterocycles. The van der Waals surface area contributed by atoms with Crippen molar-refractivity contribution in [3.63, 3.8) is 0 Å². The van der Waals surface area contributed by atoms with Crippen LogP contribution >= 0.6 is 0 Å². The van der Waals surface area contributed by atoms with Gasteiger partial charge in [0.25, 0.3) is 0 Å². The van der Waals surface area contributed by atoms with Crippen molar-refractivity contribution in [2.45, 2.75) is 132 Å². The quantitative estimate of drug-likeness (QED) is 0.239. The lowest BCUT2D eigenvalue weighted by Crippen LogP contribution is -2.54. The molecule has 3 unspecified atom stereocenters. The third-order valence-electron chi connectivity index (χ3n) is 11.4. The van der Waals surface area contributed by atoms with E-state index in [0.717, 1.165) is 54.1 Å². The summed E-state index contributed by atoms with van der Waals surface area (Å²) in [5, 5.41) is 0. The topological polar surface area (TPSA) is 44.8 Å². The Morgan fingerprint density at radius 3 is 2.17 bits per heavy atom. The van der Waals surface area contributed by atoms with Gasteiger partial charge in [-0.3, -0.25) is 0 Å². The highest BCUT2D eigenvalue weighted by atomic mass is 16.6. The van der Waals surface area contributed by atoms with Crippen LogP contribution in [-0.4, -0.2) is 18.2 Å². The van der Waals surface area contributed by atoms with Crippen LogP contribution in [0.1, 0.15) is 136 Å². The van der Waals surface area contributed by atoms with E-state index >= 15 is 0 Å². The summed E-state index contributed by atoms with van der Waals surface area (Å²) in [7, 11) is 0. The average molecular weight is 655 g/mol. The molecule has 5 rings (SSSR count). The minimum absolute atomic E-state index is 0.0371. The van der Waals surface area contributed by atoms with E-state index in [9.17, 15) is 4.79 Å². The Kier molecular flexibility index (Phi) is 10.6. The maximum absolute atomic E-state index is 13.3. The van der Waals surface area contributed by atoms with Crippen LogP contribution in [0.25, 0.3) is 5.76 Å². The summed E-state index contributed by atoms with van der Waals surface area (Å²) >= 11 is 0. The van der Waals surface area contributed by atoms with Gasteiger partial charge < -0.3 is 14.2 Å². The average Bonchev–Trinajstić information content (AvgIpc) is 3.18. The molecule has 3 atom stereocenters. The predicted molar refractivity (Wildman–Crippen MR) is 198 cm³/mol. The molecule has 4 heteroatoms. The fraction of sp³-hybridized carbons (Fsp3) is 0.614. The second kappa shape index (κ2) is 14.1. The summed E-state index contributed by atoms with van der Waals surface area (Å²) in [5.41, 5.74) is 4.50.